The van der Waals surface area contributed by atoms with E-state index in [1.54, 1.807) is 0 Å². The highest BCUT2D eigenvalue weighted by molar-refractivity contribution is 6.02. The number of hydrogen-bond acceptors (Lipinski definition) is 3. The molecule has 2 unspecified atom stereocenters. The summed E-state index contributed by atoms with van der Waals surface area (Å²) in [7, 11) is 0. The fourth-order valence-electron chi connectivity index (χ4n) is 6.10. The Bertz CT molecular complexity index is 1030. The molecule has 2 fully saturated rings. The lowest BCUT2D eigenvalue weighted by atomic mass is 9.68. The standard InChI is InChI=1S/C31H33NO2/c33-30(24-15-7-2-8-16-24)27-21-32(26-19-11-4-12-20-26)22-28(29(27)23-13-5-1-6-14-23)31(34)25-17-9-3-10-18-25/h1-3,5-10,13-18,26-29H,4,11-12,19-22H2. The van der Waals surface area contributed by atoms with Crippen molar-refractivity contribution >= 4 is 11.6 Å². The summed E-state index contributed by atoms with van der Waals surface area (Å²) in [5.41, 5.74) is 2.57. The van der Waals surface area contributed by atoms with Crippen LogP contribution in [0.15, 0.2) is 91.0 Å². The van der Waals surface area contributed by atoms with Crippen molar-refractivity contribution in [2.24, 2.45) is 11.8 Å². The van der Waals surface area contributed by atoms with E-state index in [1.165, 1.54) is 19.3 Å². The number of ketones is 2. The van der Waals surface area contributed by atoms with Crippen molar-refractivity contribution in [3.63, 3.8) is 0 Å². The van der Waals surface area contributed by atoms with E-state index >= 15 is 0 Å². The lowest BCUT2D eigenvalue weighted by Gasteiger charge is -2.47. The lowest BCUT2D eigenvalue weighted by Crippen LogP contribution is -2.54. The van der Waals surface area contributed by atoms with Gasteiger partial charge in [-0.25, -0.2) is 0 Å². The van der Waals surface area contributed by atoms with Crippen molar-refractivity contribution in [2.45, 2.75) is 44.1 Å². The maximum atomic E-state index is 14.0. The van der Waals surface area contributed by atoms with E-state index in [9.17, 15) is 9.59 Å². The number of rotatable bonds is 6. The van der Waals surface area contributed by atoms with Gasteiger partial charge in [-0.2, -0.15) is 0 Å². The van der Waals surface area contributed by atoms with Gasteiger partial charge in [0.15, 0.2) is 11.6 Å². The molecule has 3 nitrogen and oxygen atoms in total. The number of likely N-dealkylation sites (tertiary alicyclic amines) is 1. The summed E-state index contributed by atoms with van der Waals surface area (Å²) in [5.74, 6) is -0.334. The Morgan fingerprint density at radius 2 is 1.03 bits per heavy atom. The normalized spacial score (nSPS) is 23.9. The van der Waals surface area contributed by atoms with Crippen molar-refractivity contribution in [3.05, 3.63) is 108 Å². The van der Waals surface area contributed by atoms with Gasteiger partial charge in [0.05, 0.1) is 0 Å². The zero-order valence-corrected chi connectivity index (χ0v) is 19.7. The molecule has 1 aliphatic carbocycles. The van der Waals surface area contributed by atoms with Crippen LogP contribution in [0.2, 0.25) is 0 Å². The maximum Gasteiger partial charge on any atom is 0.167 e. The van der Waals surface area contributed by atoms with E-state index in [-0.39, 0.29) is 29.3 Å². The zero-order chi connectivity index (χ0) is 23.3. The first-order valence-corrected chi connectivity index (χ1v) is 12.7. The largest absolute Gasteiger partial charge is 0.299 e. The lowest BCUT2D eigenvalue weighted by molar-refractivity contribution is 0.0386. The Morgan fingerprint density at radius 1 is 0.588 bits per heavy atom. The van der Waals surface area contributed by atoms with Crippen molar-refractivity contribution in [2.75, 3.05) is 13.1 Å². The zero-order valence-electron chi connectivity index (χ0n) is 19.7. The number of carbonyl (C=O) groups is 2. The van der Waals surface area contributed by atoms with Crippen molar-refractivity contribution in [1.82, 2.24) is 4.90 Å². The summed E-state index contributed by atoms with van der Waals surface area (Å²) in [5, 5.41) is 0. The molecule has 0 radical (unpaired) electrons. The van der Waals surface area contributed by atoms with Gasteiger partial charge < -0.3 is 0 Å². The van der Waals surface area contributed by atoms with Crippen LogP contribution in [-0.2, 0) is 0 Å². The molecule has 1 aliphatic heterocycles. The summed E-state index contributed by atoms with van der Waals surface area (Å²) in [4.78, 5) is 30.4. The SMILES string of the molecule is O=C(c1ccccc1)C1CN(C2CCCCC2)CC(C(=O)c2ccccc2)C1c1ccccc1. The predicted octanol–water partition coefficient (Wildman–Crippen LogP) is 6.42. The molecule has 0 spiro atoms. The third-order valence-corrected chi connectivity index (χ3v) is 7.80. The number of hydrogen-bond donors (Lipinski definition) is 0. The highest BCUT2D eigenvalue weighted by atomic mass is 16.1. The Balaban J connectivity index is 1.58. The van der Waals surface area contributed by atoms with Crippen LogP contribution in [0, 0.1) is 11.8 Å². The molecule has 5 rings (SSSR count). The number of carbonyl (C=O) groups excluding carboxylic acids is 2. The Kier molecular flexibility index (Phi) is 7.01. The first-order chi connectivity index (χ1) is 16.7. The van der Waals surface area contributed by atoms with E-state index in [0.717, 1.165) is 42.6 Å². The topological polar surface area (TPSA) is 37.4 Å². The molecule has 1 saturated carbocycles. The quantitative estimate of drug-likeness (QED) is 0.406. The number of benzene rings is 3. The van der Waals surface area contributed by atoms with Crippen molar-refractivity contribution in [3.8, 4) is 0 Å². The molecule has 1 heterocycles. The van der Waals surface area contributed by atoms with Crippen LogP contribution < -0.4 is 0 Å². The highest BCUT2D eigenvalue weighted by Crippen LogP contribution is 2.42. The Morgan fingerprint density at radius 3 is 1.50 bits per heavy atom. The smallest absolute Gasteiger partial charge is 0.167 e. The average Bonchev–Trinajstić information content (AvgIpc) is 2.93. The molecule has 0 aromatic heterocycles. The van der Waals surface area contributed by atoms with Crippen LogP contribution >= 0.6 is 0 Å². The van der Waals surface area contributed by atoms with Crippen LogP contribution in [0.25, 0.3) is 0 Å². The van der Waals surface area contributed by atoms with Gasteiger partial charge >= 0.3 is 0 Å². The van der Waals surface area contributed by atoms with E-state index in [0.29, 0.717) is 6.04 Å². The second-order valence-corrected chi connectivity index (χ2v) is 9.86. The van der Waals surface area contributed by atoms with Gasteiger partial charge in [-0.15, -0.1) is 0 Å². The molecule has 34 heavy (non-hydrogen) atoms. The van der Waals surface area contributed by atoms with Crippen LogP contribution in [0.3, 0.4) is 0 Å². The minimum absolute atomic E-state index is 0.138. The molecule has 174 valence electrons. The summed E-state index contributed by atoms with van der Waals surface area (Å²) in [6, 6.07) is 30.0. The first-order valence-electron chi connectivity index (χ1n) is 12.7. The van der Waals surface area contributed by atoms with Gasteiger partial charge in [-0.05, 0) is 18.4 Å². The van der Waals surface area contributed by atoms with Crippen molar-refractivity contribution < 1.29 is 9.59 Å². The van der Waals surface area contributed by atoms with Gasteiger partial charge in [0.25, 0.3) is 0 Å². The van der Waals surface area contributed by atoms with E-state index < -0.39 is 0 Å². The van der Waals surface area contributed by atoms with E-state index in [2.05, 4.69) is 17.0 Å². The van der Waals surface area contributed by atoms with Gasteiger partial charge in [0, 0.05) is 48.0 Å². The molecule has 2 atom stereocenters. The third kappa shape index (κ3) is 4.76. The fraction of sp³-hybridized carbons (Fsp3) is 0.355. The number of nitrogens with zero attached hydrogens (tertiary/aromatic N) is 1. The highest BCUT2D eigenvalue weighted by Gasteiger charge is 2.46. The predicted molar refractivity (Wildman–Crippen MR) is 136 cm³/mol. The van der Waals surface area contributed by atoms with Crippen LogP contribution in [0.1, 0.15) is 64.3 Å². The van der Waals surface area contributed by atoms with Crippen molar-refractivity contribution in [1.29, 1.82) is 0 Å². The molecule has 0 amide bonds. The Labute approximate surface area is 202 Å². The molecule has 0 N–H and O–H groups in total. The molecule has 0 bridgehead atoms. The molecule has 3 aromatic carbocycles. The minimum Gasteiger partial charge on any atom is -0.299 e. The van der Waals surface area contributed by atoms with Crippen LogP contribution in [0.5, 0.6) is 0 Å². The maximum absolute atomic E-state index is 14.0. The number of Topliss-reactive ketones (excluding diaryl/α,β-unsaturated/α-hetero) is 2. The van der Waals surface area contributed by atoms with Crippen LogP contribution in [-0.4, -0.2) is 35.6 Å². The summed E-state index contributed by atoms with van der Waals surface area (Å²) in [6.07, 6.45) is 6.08. The monoisotopic (exact) mass is 451 g/mol. The molecule has 3 heteroatoms. The van der Waals surface area contributed by atoms with E-state index in [1.807, 2.05) is 78.9 Å². The molecular formula is C31H33NO2. The summed E-state index contributed by atoms with van der Waals surface area (Å²) >= 11 is 0. The first kappa shape index (κ1) is 22.7. The summed E-state index contributed by atoms with van der Waals surface area (Å²) in [6.45, 7) is 1.44. The average molecular weight is 452 g/mol. The van der Waals surface area contributed by atoms with Gasteiger partial charge in [-0.3, -0.25) is 14.5 Å². The molecule has 1 saturated heterocycles. The number of piperidine rings is 1. The second kappa shape index (κ2) is 10.5. The van der Waals surface area contributed by atoms with Crippen LogP contribution in [0.4, 0.5) is 0 Å². The summed E-state index contributed by atoms with van der Waals surface area (Å²) < 4.78 is 0. The van der Waals surface area contributed by atoms with Gasteiger partial charge in [-0.1, -0.05) is 110 Å². The molecular weight excluding hydrogens is 418 g/mol. The molecule has 2 aliphatic rings. The third-order valence-electron chi connectivity index (χ3n) is 7.80. The fourth-order valence-corrected chi connectivity index (χ4v) is 6.10. The minimum atomic E-state index is -0.252. The van der Waals surface area contributed by atoms with E-state index in [4.69, 9.17) is 0 Å². The van der Waals surface area contributed by atoms with Gasteiger partial charge in [0.2, 0.25) is 0 Å². The second-order valence-electron chi connectivity index (χ2n) is 9.86. The molecule has 3 aromatic rings. The van der Waals surface area contributed by atoms with Gasteiger partial charge in [0.1, 0.15) is 0 Å². The Hall–Kier alpha value is -3.04.